The molecule has 2 atom stereocenters. The van der Waals surface area contributed by atoms with Crippen LogP contribution in [-0.4, -0.2) is 24.0 Å². The summed E-state index contributed by atoms with van der Waals surface area (Å²) >= 11 is 0. The van der Waals surface area contributed by atoms with E-state index >= 15 is 0 Å². The molecule has 1 unspecified atom stereocenters. The molecule has 0 aromatic rings. The zero-order valence-electron chi connectivity index (χ0n) is 9.59. The van der Waals surface area contributed by atoms with Gasteiger partial charge < -0.3 is 4.90 Å². The van der Waals surface area contributed by atoms with Crippen LogP contribution in [0.5, 0.6) is 0 Å². The predicted molar refractivity (Wildman–Crippen MR) is 56.4 cm³/mol. The fourth-order valence-electron chi connectivity index (χ4n) is 1.49. The number of hydrogen-bond donors (Lipinski definition) is 0. The largest absolute Gasteiger partial charge is 0.301 e. The van der Waals surface area contributed by atoms with Crippen LogP contribution in [-0.2, 0) is 0 Å². The van der Waals surface area contributed by atoms with Crippen LogP contribution in [0.2, 0.25) is 0 Å². The fourth-order valence-corrected chi connectivity index (χ4v) is 1.49. The Morgan fingerprint density at radius 3 is 1.92 bits per heavy atom. The highest BCUT2D eigenvalue weighted by Crippen LogP contribution is 2.13. The summed E-state index contributed by atoms with van der Waals surface area (Å²) in [7, 11) is 2.24. The van der Waals surface area contributed by atoms with Crippen molar-refractivity contribution in [3.05, 3.63) is 0 Å². The van der Waals surface area contributed by atoms with Crippen molar-refractivity contribution in [2.45, 2.75) is 59.5 Å². The Labute approximate surface area is 78.1 Å². The maximum absolute atomic E-state index is 2.49. The van der Waals surface area contributed by atoms with Crippen LogP contribution < -0.4 is 0 Å². The van der Waals surface area contributed by atoms with Crippen molar-refractivity contribution in [2.75, 3.05) is 7.05 Å². The molecule has 0 aliphatic heterocycles. The van der Waals surface area contributed by atoms with Gasteiger partial charge in [0.15, 0.2) is 0 Å². The van der Waals surface area contributed by atoms with Crippen molar-refractivity contribution in [2.24, 2.45) is 5.92 Å². The highest BCUT2D eigenvalue weighted by Gasteiger charge is 2.17. The Balaban J connectivity index is 3.90. The lowest BCUT2D eigenvalue weighted by Gasteiger charge is -2.33. The third-order valence-electron chi connectivity index (χ3n) is 3.01. The zero-order chi connectivity index (χ0) is 9.72. The van der Waals surface area contributed by atoms with E-state index in [4.69, 9.17) is 0 Å². The summed E-state index contributed by atoms with van der Waals surface area (Å²) in [5.41, 5.74) is 0. The van der Waals surface area contributed by atoms with E-state index in [0.29, 0.717) is 6.04 Å². The third-order valence-corrected chi connectivity index (χ3v) is 3.01. The molecular formula is C11H25N. The van der Waals surface area contributed by atoms with Crippen LogP contribution in [0, 0.1) is 5.92 Å². The van der Waals surface area contributed by atoms with Gasteiger partial charge in [-0.15, -0.1) is 0 Å². The predicted octanol–water partition coefficient (Wildman–Crippen LogP) is 3.15. The monoisotopic (exact) mass is 171 g/mol. The molecule has 0 heterocycles. The van der Waals surface area contributed by atoms with Gasteiger partial charge in [0.25, 0.3) is 0 Å². The smallest absolute Gasteiger partial charge is 0.00896 e. The normalized spacial score (nSPS) is 17.0. The van der Waals surface area contributed by atoms with Gasteiger partial charge in [0.2, 0.25) is 0 Å². The Morgan fingerprint density at radius 2 is 1.58 bits per heavy atom. The van der Waals surface area contributed by atoms with E-state index in [-0.39, 0.29) is 0 Å². The van der Waals surface area contributed by atoms with Gasteiger partial charge in [0, 0.05) is 12.1 Å². The van der Waals surface area contributed by atoms with Crippen molar-refractivity contribution >= 4 is 0 Å². The molecule has 0 rings (SSSR count). The van der Waals surface area contributed by atoms with E-state index < -0.39 is 0 Å². The molecule has 1 nitrogen and oxygen atoms in total. The van der Waals surface area contributed by atoms with E-state index in [0.717, 1.165) is 12.0 Å². The molecule has 0 bridgehead atoms. The lowest BCUT2D eigenvalue weighted by atomic mass is 10.0. The SMILES string of the molecule is CCC[C@H](C)N(C)C(C)C(C)C. The topological polar surface area (TPSA) is 3.24 Å². The van der Waals surface area contributed by atoms with Crippen LogP contribution in [0.3, 0.4) is 0 Å². The molecule has 0 aliphatic rings. The van der Waals surface area contributed by atoms with E-state index in [1.165, 1.54) is 12.8 Å². The van der Waals surface area contributed by atoms with Gasteiger partial charge in [0.05, 0.1) is 0 Å². The van der Waals surface area contributed by atoms with Crippen LogP contribution >= 0.6 is 0 Å². The van der Waals surface area contributed by atoms with E-state index in [2.05, 4.69) is 46.6 Å². The molecule has 74 valence electrons. The average Bonchev–Trinajstić information content (AvgIpc) is 2.02. The molecule has 0 spiro atoms. The summed E-state index contributed by atoms with van der Waals surface area (Å²) in [6, 6.07) is 1.43. The van der Waals surface area contributed by atoms with Crippen molar-refractivity contribution in [3.8, 4) is 0 Å². The van der Waals surface area contributed by atoms with Crippen molar-refractivity contribution in [1.82, 2.24) is 4.90 Å². The second kappa shape index (κ2) is 5.58. The van der Waals surface area contributed by atoms with Gasteiger partial charge >= 0.3 is 0 Å². The second-order valence-corrected chi connectivity index (χ2v) is 4.29. The number of hydrogen-bond acceptors (Lipinski definition) is 1. The van der Waals surface area contributed by atoms with Gasteiger partial charge in [0.1, 0.15) is 0 Å². The van der Waals surface area contributed by atoms with Crippen molar-refractivity contribution in [3.63, 3.8) is 0 Å². The highest BCUT2D eigenvalue weighted by atomic mass is 15.1. The number of nitrogens with zero attached hydrogens (tertiary/aromatic N) is 1. The summed E-state index contributed by atoms with van der Waals surface area (Å²) < 4.78 is 0. The van der Waals surface area contributed by atoms with Crippen LogP contribution in [0.15, 0.2) is 0 Å². The molecule has 1 heteroatoms. The quantitative estimate of drug-likeness (QED) is 0.614. The molecule has 0 aliphatic carbocycles. The van der Waals surface area contributed by atoms with Gasteiger partial charge in [-0.25, -0.2) is 0 Å². The molecule has 0 aromatic carbocycles. The summed E-state index contributed by atoms with van der Waals surface area (Å²) in [6.45, 7) is 11.5. The summed E-state index contributed by atoms with van der Waals surface area (Å²) in [4.78, 5) is 2.49. The maximum Gasteiger partial charge on any atom is 0.00896 e. The first-order valence-electron chi connectivity index (χ1n) is 5.22. The Kier molecular flexibility index (Phi) is 5.56. The molecule has 0 fully saturated rings. The van der Waals surface area contributed by atoms with Gasteiger partial charge in [-0.05, 0) is 33.2 Å². The minimum absolute atomic E-state index is 0.701. The lowest BCUT2D eigenvalue weighted by Crippen LogP contribution is -2.39. The molecular weight excluding hydrogens is 146 g/mol. The summed E-state index contributed by atoms with van der Waals surface area (Å²) in [6.07, 6.45) is 2.60. The molecule has 0 radical (unpaired) electrons. The van der Waals surface area contributed by atoms with Crippen LogP contribution in [0.1, 0.15) is 47.5 Å². The molecule has 0 saturated heterocycles. The molecule has 0 saturated carbocycles. The van der Waals surface area contributed by atoms with Crippen LogP contribution in [0.25, 0.3) is 0 Å². The molecule has 0 amide bonds. The molecule has 12 heavy (non-hydrogen) atoms. The third kappa shape index (κ3) is 3.57. The minimum Gasteiger partial charge on any atom is -0.301 e. The maximum atomic E-state index is 2.49. The van der Waals surface area contributed by atoms with Gasteiger partial charge in [-0.3, -0.25) is 0 Å². The second-order valence-electron chi connectivity index (χ2n) is 4.29. The zero-order valence-corrected chi connectivity index (χ0v) is 9.59. The summed E-state index contributed by atoms with van der Waals surface area (Å²) in [5.74, 6) is 0.759. The van der Waals surface area contributed by atoms with E-state index in [1.807, 2.05) is 0 Å². The minimum atomic E-state index is 0.701. The van der Waals surface area contributed by atoms with Gasteiger partial charge in [-0.1, -0.05) is 27.2 Å². The lowest BCUT2D eigenvalue weighted by molar-refractivity contribution is 0.151. The Morgan fingerprint density at radius 1 is 1.08 bits per heavy atom. The molecule has 0 aromatic heterocycles. The van der Waals surface area contributed by atoms with Crippen LogP contribution in [0.4, 0.5) is 0 Å². The standard InChI is InChI=1S/C11H25N/c1-7-8-10(4)12(6)11(5)9(2)3/h9-11H,7-8H2,1-6H3/t10-,11?/m0/s1. The fraction of sp³-hybridized carbons (Fsp3) is 1.00. The van der Waals surface area contributed by atoms with Crippen molar-refractivity contribution < 1.29 is 0 Å². The summed E-state index contributed by atoms with van der Waals surface area (Å²) in [5, 5.41) is 0. The Bertz CT molecular complexity index is 110. The van der Waals surface area contributed by atoms with E-state index in [1.54, 1.807) is 0 Å². The first-order chi connectivity index (χ1) is 5.50. The van der Waals surface area contributed by atoms with Gasteiger partial charge in [-0.2, -0.15) is 0 Å². The molecule has 0 N–H and O–H groups in total. The Hall–Kier alpha value is -0.0400. The average molecular weight is 171 g/mol. The first-order valence-corrected chi connectivity index (χ1v) is 5.22. The van der Waals surface area contributed by atoms with Crippen molar-refractivity contribution in [1.29, 1.82) is 0 Å². The van der Waals surface area contributed by atoms with E-state index in [9.17, 15) is 0 Å². The highest BCUT2D eigenvalue weighted by molar-refractivity contribution is 4.71. The number of rotatable bonds is 5. The first kappa shape index (κ1) is 12.0.